The van der Waals surface area contributed by atoms with E-state index in [1.165, 1.54) is 0 Å². The number of hydrogen-bond acceptors (Lipinski definition) is 8. The second-order valence-corrected chi connectivity index (χ2v) is 6.34. The van der Waals surface area contributed by atoms with Gasteiger partial charge in [-0.05, 0) is 18.2 Å². The molecule has 0 saturated carbocycles. The van der Waals surface area contributed by atoms with Crippen molar-refractivity contribution < 1.29 is 28.9 Å². The Labute approximate surface area is 169 Å². The van der Waals surface area contributed by atoms with Crippen molar-refractivity contribution in [1.82, 2.24) is 9.78 Å². The zero-order chi connectivity index (χ0) is 21.1. The first-order valence-electron chi connectivity index (χ1n) is 9.04. The molecular weight excluding hydrogens is 394 g/mol. The number of benzene rings is 2. The molecule has 10 heteroatoms. The summed E-state index contributed by atoms with van der Waals surface area (Å²) in [6.07, 6.45) is 0. The number of anilines is 1. The van der Waals surface area contributed by atoms with Gasteiger partial charge in [0.15, 0.2) is 23.8 Å². The Balaban J connectivity index is 1.48. The van der Waals surface area contributed by atoms with E-state index in [0.717, 1.165) is 4.68 Å². The molecule has 0 atom stereocenters. The van der Waals surface area contributed by atoms with Gasteiger partial charge in [0.05, 0.1) is 18.5 Å². The summed E-state index contributed by atoms with van der Waals surface area (Å²) in [5.74, 6) is -0.337. The number of aliphatic hydroxyl groups is 1. The Kier molecular flexibility index (Phi) is 5.31. The number of fused-ring (bicyclic) bond motifs is 2. The molecular formula is C20H17N3O7. The van der Waals surface area contributed by atoms with Crippen LogP contribution in [-0.4, -0.2) is 46.8 Å². The van der Waals surface area contributed by atoms with Crippen LogP contribution < -0.4 is 20.3 Å². The topological polar surface area (TPSA) is 129 Å². The molecule has 1 amide bonds. The molecule has 0 bridgehead atoms. The van der Waals surface area contributed by atoms with Crippen LogP contribution in [0.1, 0.15) is 10.5 Å². The SMILES string of the molecule is O=C(COC(=O)c1nn(CCO)c(=O)c2ccccc12)Nc1ccc2c(c1)OCO2. The number of carbonyl (C=O) groups is 2. The lowest BCUT2D eigenvalue weighted by molar-refractivity contribution is -0.119. The molecule has 1 aliphatic heterocycles. The molecule has 2 heterocycles. The van der Waals surface area contributed by atoms with E-state index in [1.807, 2.05) is 0 Å². The van der Waals surface area contributed by atoms with E-state index in [2.05, 4.69) is 10.4 Å². The lowest BCUT2D eigenvalue weighted by Gasteiger charge is -2.10. The van der Waals surface area contributed by atoms with Crippen LogP contribution in [0.4, 0.5) is 5.69 Å². The summed E-state index contributed by atoms with van der Waals surface area (Å²) in [6, 6.07) is 11.3. The van der Waals surface area contributed by atoms with Gasteiger partial charge in [0.1, 0.15) is 0 Å². The van der Waals surface area contributed by atoms with Crippen LogP contribution >= 0.6 is 0 Å². The van der Waals surface area contributed by atoms with Gasteiger partial charge < -0.3 is 24.6 Å². The normalized spacial score (nSPS) is 12.0. The van der Waals surface area contributed by atoms with Gasteiger partial charge in [0.2, 0.25) is 6.79 Å². The molecule has 2 N–H and O–H groups in total. The molecule has 1 aromatic heterocycles. The molecule has 0 fully saturated rings. The van der Waals surface area contributed by atoms with Crippen molar-refractivity contribution >= 4 is 28.3 Å². The minimum absolute atomic E-state index is 0.0749. The van der Waals surface area contributed by atoms with Crippen molar-refractivity contribution in [2.45, 2.75) is 6.54 Å². The van der Waals surface area contributed by atoms with Crippen molar-refractivity contribution in [2.24, 2.45) is 0 Å². The van der Waals surface area contributed by atoms with Crippen LogP contribution in [0.25, 0.3) is 10.8 Å². The summed E-state index contributed by atoms with van der Waals surface area (Å²) in [5.41, 5.74) is -0.0911. The first kappa shape index (κ1) is 19.4. The summed E-state index contributed by atoms with van der Waals surface area (Å²) in [4.78, 5) is 37.1. The molecule has 2 aromatic carbocycles. The van der Waals surface area contributed by atoms with E-state index >= 15 is 0 Å². The van der Waals surface area contributed by atoms with Crippen molar-refractivity contribution in [3.63, 3.8) is 0 Å². The molecule has 4 rings (SSSR count). The van der Waals surface area contributed by atoms with Crippen molar-refractivity contribution in [2.75, 3.05) is 25.3 Å². The Morgan fingerprint density at radius 3 is 2.70 bits per heavy atom. The average Bonchev–Trinajstić information content (AvgIpc) is 3.22. The Hall–Kier alpha value is -3.92. The molecule has 0 spiro atoms. The van der Waals surface area contributed by atoms with E-state index in [1.54, 1.807) is 42.5 Å². The lowest BCUT2D eigenvalue weighted by atomic mass is 10.1. The van der Waals surface area contributed by atoms with E-state index in [4.69, 9.17) is 19.3 Å². The maximum Gasteiger partial charge on any atom is 0.359 e. The number of aromatic nitrogens is 2. The van der Waals surface area contributed by atoms with Crippen molar-refractivity contribution in [1.29, 1.82) is 0 Å². The Morgan fingerprint density at radius 1 is 1.13 bits per heavy atom. The van der Waals surface area contributed by atoms with Crippen LogP contribution in [0.2, 0.25) is 0 Å². The summed E-state index contributed by atoms with van der Waals surface area (Å²) in [7, 11) is 0. The van der Waals surface area contributed by atoms with Crippen molar-refractivity contribution in [3.05, 3.63) is 58.5 Å². The van der Waals surface area contributed by atoms with Gasteiger partial charge in [-0.2, -0.15) is 5.10 Å². The van der Waals surface area contributed by atoms with Gasteiger partial charge in [0.25, 0.3) is 11.5 Å². The van der Waals surface area contributed by atoms with Gasteiger partial charge in [-0.3, -0.25) is 9.59 Å². The van der Waals surface area contributed by atoms with Gasteiger partial charge in [-0.1, -0.05) is 18.2 Å². The minimum Gasteiger partial charge on any atom is -0.454 e. The number of esters is 1. The van der Waals surface area contributed by atoms with E-state index in [9.17, 15) is 14.4 Å². The smallest absolute Gasteiger partial charge is 0.359 e. The van der Waals surface area contributed by atoms with Crippen molar-refractivity contribution in [3.8, 4) is 11.5 Å². The number of rotatable bonds is 6. The molecule has 0 unspecified atom stereocenters. The molecule has 0 aliphatic carbocycles. The molecule has 154 valence electrons. The van der Waals surface area contributed by atoms with Gasteiger partial charge in [-0.15, -0.1) is 0 Å². The number of hydrogen-bond donors (Lipinski definition) is 2. The quantitative estimate of drug-likeness (QED) is 0.573. The lowest BCUT2D eigenvalue weighted by Crippen LogP contribution is -2.28. The fraction of sp³-hybridized carbons (Fsp3) is 0.200. The number of carbonyl (C=O) groups excluding carboxylic acids is 2. The molecule has 0 saturated heterocycles. The van der Waals surface area contributed by atoms with E-state index < -0.39 is 24.0 Å². The summed E-state index contributed by atoms with van der Waals surface area (Å²) in [5, 5.41) is 16.3. The first-order chi connectivity index (χ1) is 14.6. The average molecular weight is 411 g/mol. The zero-order valence-corrected chi connectivity index (χ0v) is 15.7. The monoisotopic (exact) mass is 411 g/mol. The number of nitrogens with one attached hydrogen (secondary N) is 1. The van der Waals surface area contributed by atoms with Crippen LogP contribution in [-0.2, 0) is 16.1 Å². The number of ether oxygens (including phenoxy) is 3. The highest BCUT2D eigenvalue weighted by atomic mass is 16.7. The van der Waals surface area contributed by atoms with Crippen LogP contribution in [0.3, 0.4) is 0 Å². The van der Waals surface area contributed by atoms with E-state index in [0.29, 0.717) is 22.6 Å². The summed E-state index contributed by atoms with van der Waals surface area (Å²) < 4.78 is 16.5. The summed E-state index contributed by atoms with van der Waals surface area (Å²) in [6.45, 7) is -0.835. The first-order valence-corrected chi connectivity index (χ1v) is 9.04. The van der Waals surface area contributed by atoms with Crippen LogP contribution in [0, 0.1) is 0 Å². The standard InChI is InChI=1S/C20H17N3O7/c24-8-7-23-19(26)14-4-2-1-3-13(14)18(22-23)20(27)28-10-17(25)21-12-5-6-15-16(9-12)30-11-29-15/h1-6,9,24H,7-8,10-11H2,(H,21,25). The van der Waals surface area contributed by atoms with Gasteiger partial charge in [0, 0.05) is 17.1 Å². The summed E-state index contributed by atoms with van der Waals surface area (Å²) >= 11 is 0. The Bertz CT molecular complexity index is 1190. The van der Waals surface area contributed by atoms with Gasteiger partial charge in [-0.25, -0.2) is 9.48 Å². The second-order valence-electron chi connectivity index (χ2n) is 6.34. The largest absolute Gasteiger partial charge is 0.454 e. The van der Waals surface area contributed by atoms with E-state index in [-0.39, 0.29) is 31.0 Å². The highest BCUT2D eigenvalue weighted by Gasteiger charge is 2.19. The number of amides is 1. The highest BCUT2D eigenvalue weighted by molar-refractivity contribution is 6.03. The van der Waals surface area contributed by atoms with Crippen LogP contribution in [0.5, 0.6) is 11.5 Å². The maximum atomic E-state index is 12.6. The predicted molar refractivity (Wildman–Crippen MR) is 105 cm³/mol. The zero-order valence-electron chi connectivity index (χ0n) is 15.7. The molecule has 30 heavy (non-hydrogen) atoms. The Morgan fingerprint density at radius 2 is 1.90 bits per heavy atom. The highest BCUT2D eigenvalue weighted by Crippen LogP contribution is 2.34. The number of nitrogens with zero attached hydrogens (tertiary/aromatic N) is 2. The maximum absolute atomic E-state index is 12.6. The third-order valence-electron chi connectivity index (χ3n) is 4.36. The van der Waals surface area contributed by atoms with Crippen LogP contribution in [0.15, 0.2) is 47.3 Å². The molecule has 0 radical (unpaired) electrons. The molecule has 1 aliphatic rings. The third kappa shape index (κ3) is 3.80. The molecule has 10 nitrogen and oxygen atoms in total. The fourth-order valence-electron chi connectivity index (χ4n) is 3.00. The third-order valence-corrected chi connectivity index (χ3v) is 4.36. The fourth-order valence-corrected chi connectivity index (χ4v) is 3.00. The number of aliphatic hydroxyl groups excluding tert-OH is 1. The van der Waals surface area contributed by atoms with Gasteiger partial charge >= 0.3 is 5.97 Å². The second kappa shape index (κ2) is 8.21. The predicted octanol–water partition coefficient (Wildman–Crippen LogP) is 0.913. The minimum atomic E-state index is -0.862. The molecule has 3 aromatic rings.